The van der Waals surface area contributed by atoms with Gasteiger partial charge in [0.25, 0.3) is 0 Å². The topological polar surface area (TPSA) is 124 Å². The van der Waals surface area contributed by atoms with Gasteiger partial charge in [-0.05, 0) is 12.5 Å². The molecular weight excluding hydrogens is 432 g/mol. The van der Waals surface area contributed by atoms with Crippen LogP contribution < -0.4 is 14.8 Å². The van der Waals surface area contributed by atoms with Gasteiger partial charge in [-0.2, -0.15) is 0 Å². The third-order valence-electron chi connectivity index (χ3n) is 5.33. The Labute approximate surface area is 193 Å². The average Bonchev–Trinajstić information content (AvgIpc) is 2.82. The number of phenols is 1. The van der Waals surface area contributed by atoms with Gasteiger partial charge in [0.2, 0.25) is 5.91 Å². The summed E-state index contributed by atoms with van der Waals surface area (Å²) in [7, 11) is 2.86. The van der Waals surface area contributed by atoms with Crippen LogP contribution in [0.2, 0.25) is 0 Å². The summed E-state index contributed by atoms with van der Waals surface area (Å²) < 4.78 is 21.4. The summed E-state index contributed by atoms with van der Waals surface area (Å²) in [4.78, 5) is 38.1. The van der Waals surface area contributed by atoms with Crippen LogP contribution in [-0.2, 0) is 19.1 Å². The summed E-state index contributed by atoms with van der Waals surface area (Å²) in [6.07, 6.45) is 0.905. The molecule has 0 saturated carbocycles. The lowest BCUT2D eigenvalue weighted by molar-refractivity contribution is -0.121. The maximum absolute atomic E-state index is 12.5. The number of benzene rings is 1. The summed E-state index contributed by atoms with van der Waals surface area (Å²) >= 11 is 0. The molecule has 0 bridgehead atoms. The first-order chi connectivity index (χ1) is 16.0. The lowest BCUT2D eigenvalue weighted by atomic mass is 9.95. The van der Waals surface area contributed by atoms with Crippen molar-refractivity contribution in [1.29, 1.82) is 0 Å². The zero-order chi connectivity index (χ0) is 24.2. The zero-order valence-corrected chi connectivity index (χ0v) is 19.3. The van der Waals surface area contributed by atoms with Gasteiger partial charge in [-0.15, -0.1) is 0 Å². The van der Waals surface area contributed by atoms with Gasteiger partial charge in [0.15, 0.2) is 6.29 Å². The number of morpholine rings is 1. The minimum Gasteiger partial charge on any atom is -0.507 e. The molecule has 2 rings (SSSR count). The first-order valence-electron chi connectivity index (χ1n) is 10.7. The minimum atomic E-state index is -0.320. The Morgan fingerprint density at radius 2 is 1.97 bits per heavy atom. The molecule has 182 valence electrons. The Bertz CT molecular complexity index is 863. The van der Waals surface area contributed by atoms with Crippen LogP contribution in [0, 0.1) is 0 Å². The van der Waals surface area contributed by atoms with Crippen molar-refractivity contribution in [3.05, 3.63) is 22.8 Å². The molecule has 0 aliphatic carbocycles. The lowest BCUT2D eigenvalue weighted by Gasteiger charge is -2.26. The number of nitrogens with one attached hydrogen (secondary N) is 1. The number of phenolic OH excluding ortho intramolecular Hbond substituents is 1. The highest BCUT2D eigenvalue weighted by Gasteiger charge is 2.23. The third-order valence-corrected chi connectivity index (χ3v) is 5.33. The maximum Gasteiger partial charge on any atom is 0.224 e. The molecule has 1 aliphatic heterocycles. The number of aldehydes is 2. The second-order valence-corrected chi connectivity index (χ2v) is 7.42. The average molecular weight is 465 g/mol. The maximum atomic E-state index is 12.5. The number of aromatic hydroxyl groups is 1. The number of carbonyl (C=O) groups is 3. The van der Waals surface area contributed by atoms with Gasteiger partial charge in [0, 0.05) is 44.9 Å². The number of hydrogen-bond acceptors (Lipinski definition) is 9. The van der Waals surface area contributed by atoms with Crippen LogP contribution in [0.25, 0.3) is 5.57 Å². The molecule has 1 amide bonds. The molecule has 1 aliphatic rings. The van der Waals surface area contributed by atoms with E-state index in [1.165, 1.54) is 20.3 Å². The van der Waals surface area contributed by atoms with E-state index in [2.05, 4.69) is 10.2 Å². The normalized spacial score (nSPS) is 14.9. The SMILES string of the molecule is COCCOc1cc(O)c(C=O)c(OC)c1/C(C)=C(\C=O)CC(=O)NCCN1CCOCC1. The van der Waals surface area contributed by atoms with Crippen molar-refractivity contribution in [3.8, 4) is 17.2 Å². The Morgan fingerprint density at radius 3 is 2.58 bits per heavy atom. The predicted molar refractivity (Wildman–Crippen MR) is 121 cm³/mol. The van der Waals surface area contributed by atoms with Crippen LogP contribution in [0.4, 0.5) is 0 Å². The highest BCUT2D eigenvalue weighted by Crippen LogP contribution is 2.42. The van der Waals surface area contributed by atoms with Crippen LogP contribution in [0.1, 0.15) is 29.3 Å². The van der Waals surface area contributed by atoms with E-state index in [1.807, 2.05) is 0 Å². The van der Waals surface area contributed by atoms with Crippen molar-refractivity contribution in [2.24, 2.45) is 0 Å². The van der Waals surface area contributed by atoms with E-state index in [9.17, 15) is 19.5 Å². The molecule has 2 N–H and O–H groups in total. The van der Waals surface area contributed by atoms with Gasteiger partial charge in [0.05, 0.1) is 44.5 Å². The summed E-state index contributed by atoms with van der Waals surface area (Å²) in [5, 5.41) is 13.1. The van der Waals surface area contributed by atoms with Gasteiger partial charge in [0.1, 0.15) is 30.1 Å². The van der Waals surface area contributed by atoms with Gasteiger partial charge in [-0.1, -0.05) is 0 Å². The van der Waals surface area contributed by atoms with Crippen molar-refractivity contribution in [3.63, 3.8) is 0 Å². The van der Waals surface area contributed by atoms with Crippen LogP contribution >= 0.6 is 0 Å². The number of carbonyl (C=O) groups excluding carboxylic acids is 3. The molecule has 1 saturated heterocycles. The molecule has 10 nitrogen and oxygen atoms in total. The minimum absolute atomic E-state index is 0.0574. The van der Waals surface area contributed by atoms with Crippen LogP contribution in [0.15, 0.2) is 11.6 Å². The van der Waals surface area contributed by atoms with E-state index in [-0.39, 0.29) is 53.9 Å². The Hall–Kier alpha value is -2.95. The number of amides is 1. The number of methoxy groups -OCH3 is 2. The Morgan fingerprint density at radius 1 is 1.24 bits per heavy atom. The molecule has 1 aromatic rings. The van der Waals surface area contributed by atoms with E-state index in [1.54, 1.807) is 6.92 Å². The van der Waals surface area contributed by atoms with Gasteiger partial charge < -0.3 is 29.4 Å². The second kappa shape index (κ2) is 13.6. The van der Waals surface area contributed by atoms with Crippen LogP contribution in [0.3, 0.4) is 0 Å². The Kier molecular flexibility index (Phi) is 10.8. The van der Waals surface area contributed by atoms with Gasteiger partial charge in [-0.25, -0.2) is 0 Å². The molecule has 0 aromatic heterocycles. The lowest BCUT2D eigenvalue weighted by Crippen LogP contribution is -2.41. The van der Waals surface area contributed by atoms with Gasteiger partial charge >= 0.3 is 0 Å². The largest absolute Gasteiger partial charge is 0.507 e. The predicted octanol–water partition coefficient (Wildman–Crippen LogP) is 1.05. The summed E-state index contributed by atoms with van der Waals surface area (Å²) in [6.45, 7) is 6.23. The van der Waals surface area contributed by atoms with E-state index in [4.69, 9.17) is 18.9 Å². The first-order valence-corrected chi connectivity index (χ1v) is 10.7. The second-order valence-electron chi connectivity index (χ2n) is 7.42. The quantitative estimate of drug-likeness (QED) is 0.250. The molecular formula is C23H32N2O8. The van der Waals surface area contributed by atoms with Crippen molar-refractivity contribution in [2.45, 2.75) is 13.3 Å². The van der Waals surface area contributed by atoms with Crippen LogP contribution in [-0.4, -0.2) is 95.3 Å². The van der Waals surface area contributed by atoms with E-state index >= 15 is 0 Å². The Balaban J connectivity index is 2.26. The fourth-order valence-electron chi connectivity index (χ4n) is 3.50. The number of hydrogen-bond donors (Lipinski definition) is 2. The van der Waals surface area contributed by atoms with E-state index < -0.39 is 0 Å². The van der Waals surface area contributed by atoms with Gasteiger partial charge in [-0.3, -0.25) is 19.3 Å². The molecule has 10 heteroatoms. The zero-order valence-electron chi connectivity index (χ0n) is 19.3. The molecule has 0 unspecified atom stereocenters. The summed E-state index contributed by atoms with van der Waals surface area (Å²) in [5.74, 6) is -0.363. The van der Waals surface area contributed by atoms with Crippen LogP contribution in [0.5, 0.6) is 17.2 Å². The summed E-state index contributed by atoms with van der Waals surface area (Å²) in [6, 6.07) is 1.28. The number of ether oxygens (including phenoxy) is 4. The van der Waals surface area contributed by atoms with E-state index in [0.29, 0.717) is 50.0 Å². The third kappa shape index (κ3) is 7.28. The van der Waals surface area contributed by atoms with Crippen molar-refractivity contribution >= 4 is 24.1 Å². The molecule has 0 radical (unpaired) electrons. The monoisotopic (exact) mass is 464 g/mol. The first kappa shape index (κ1) is 26.3. The highest BCUT2D eigenvalue weighted by molar-refractivity contribution is 5.98. The molecule has 1 fully saturated rings. The van der Waals surface area contributed by atoms with Crippen molar-refractivity contribution in [2.75, 3.05) is 66.8 Å². The molecule has 0 atom stereocenters. The summed E-state index contributed by atoms with van der Waals surface area (Å²) in [5.41, 5.74) is 0.847. The van der Waals surface area contributed by atoms with Crippen molar-refractivity contribution < 1.29 is 38.4 Å². The number of rotatable bonds is 13. The fraction of sp³-hybridized carbons (Fsp3) is 0.522. The molecule has 1 aromatic carbocycles. The standard InChI is InChI=1S/C23H32N2O8/c1-16(17(14-26)12-21(29)24-4-5-25-6-8-32-9-7-25)22-20(33-11-10-30-2)13-19(28)18(15-27)23(22)31-3/h13-15,28H,4-12H2,1-3H3,(H,24,29)/b17-16-. The number of allylic oxidation sites excluding steroid dienone is 1. The molecule has 1 heterocycles. The molecule has 33 heavy (non-hydrogen) atoms. The molecule has 0 spiro atoms. The number of nitrogens with zero attached hydrogens (tertiary/aromatic N) is 1. The van der Waals surface area contributed by atoms with Crippen molar-refractivity contribution in [1.82, 2.24) is 10.2 Å². The van der Waals surface area contributed by atoms with E-state index in [0.717, 1.165) is 13.1 Å². The fourth-order valence-corrected chi connectivity index (χ4v) is 3.50. The highest BCUT2D eigenvalue weighted by atomic mass is 16.5. The smallest absolute Gasteiger partial charge is 0.224 e.